The van der Waals surface area contributed by atoms with Crippen LogP contribution in [0.5, 0.6) is 0 Å². The first-order chi connectivity index (χ1) is 12.0. The Bertz CT molecular complexity index is 872. The second-order valence-electron chi connectivity index (χ2n) is 6.32. The first-order valence-corrected chi connectivity index (χ1v) is 9.89. The van der Waals surface area contributed by atoms with Crippen LogP contribution in [0.25, 0.3) is 0 Å². The third-order valence-electron chi connectivity index (χ3n) is 4.32. The zero-order chi connectivity index (χ0) is 17.9. The van der Waals surface area contributed by atoms with Gasteiger partial charge >= 0.3 is 0 Å². The summed E-state index contributed by atoms with van der Waals surface area (Å²) in [4.78, 5) is 12.6. The van der Waals surface area contributed by atoms with Crippen molar-refractivity contribution >= 4 is 21.6 Å². The largest absolute Gasteiger partial charge is 0.322 e. The van der Waals surface area contributed by atoms with E-state index in [0.717, 1.165) is 24.8 Å². The molecule has 0 aliphatic carbocycles. The third kappa shape index (κ3) is 4.08. The molecule has 2 aromatic rings. The maximum atomic E-state index is 12.8. The van der Waals surface area contributed by atoms with E-state index >= 15 is 0 Å². The standard InChI is InChI=1S/C19H22N2O3S/c1-15-7-5-8-16(13-15)19(22)20-17-9-6-10-18(14-17)25(23,24)21-11-3-2-4-12-21/h5-10,13-14H,2-4,11-12H2,1H3,(H,20,22). The Hall–Kier alpha value is -2.18. The Labute approximate surface area is 148 Å². The lowest BCUT2D eigenvalue weighted by Crippen LogP contribution is -2.35. The Balaban J connectivity index is 1.80. The Morgan fingerprint density at radius 3 is 2.44 bits per heavy atom. The molecule has 0 saturated carbocycles. The summed E-state index contributed by atoms with van der Waals surface area (Å²) in [6.45, 7) is 3.03. The van der Waals surface area contributed by atoms with Gasteiger partial charge in [-0.2, -0.15) is 4.31 Å². The van der Waals surface area contributed by atoms with Crippen LogP contribution >= 0.6 is 0 Å². The van der Waals surface area contributed by atoms with Crippen molar-refractivity contribution < 1.29 is 13.2 Å². The molecule has 0 atom stereocenters. The van der Waals surface area contributed by atoms with Crippen LogP contribution in [0.15, 0.2) is 53.4 Å². The van der Waals surface area contributed by atoms with Crippen LogP contribution in [-0.2, 0) is 10.0 Å². The Kier molecular flexibility index (Phi) is 5.20. The van der Waals surface area contributed by atoms with E-state index in [2.05, 4.69) is 5.32 Å². The summed E-state index contributed by atoms with van der Waals surface area (Å²) < 4.78 is 27.0. The molecule has 1 saturated heterocycles. The van der Waals surface area contributed by atoms with Crippen molar-refractivity contribution in [3.8, 4) is 0 Å². The van der Waals surface area contributed by atoms with Crippen LogP contribution < -0.4 is 5.32 Å². The molecular weight excluding hydrogens is 336 g/mol. The van der Waals surface area contributed by atoms with Crippen LogP contribution in [0.4, 0.5) is 5.69 Å². The summed E-state index contributed by atoms with van der Waals surface area (Å²) in [5.41, 5.74) is 2.02. The lowest BCUT2D eigenvalue weighted by atomic mass is 10.1. The smallest absolute Gasteiger partial charge is 0.255 e. The van der Waals surface area contributed by atoms with Gasteiger partial charge in [-0.3, -0.25) is 4.79 Å². The second kappa shape index (κ2) is 7.37. The van der Waals surface area contributed by atoms with E-state index in [4.69, 9.17) is 0 Å². The molecule has 1 heterocycles. The van der Waals surface area contributed by atoms with Crippen molar-refractivity contribution in [2.75, 3.05) is 18.4 Å². The van der Waals surface area contributed by atoms with E-state index in [1.54, 1.807) is 30.3 Å². The number of benzene rings is 2. The average Bonchev–Trinajstić information content (AvgIpc) is 2.62. The quantitative estimate of drug-likeness (QED) is 0.911. The number of sulfonamides is 1. The molecule has 25 heavy (non-hydrogen) atoms. The molecule has 0 radical (unpaired) electrons. The monoisotopic (exact) mass is 358 g/mol. The lowest BCUT2D eigenvalue weighted by Gasteiger charge is -2.26. The molecule has 0 bridgehead atoms. The van der Waals surface area contributed by atoms with Gasteiger partial charge in [-0.1, -0.05) is 30.2 Å². The van der Waals surface area contributed by atoms with Gasteiger partial charge in [0.25, 0.3) is 5.91 Å². The molecule has 5 nitrogen and oxygen atoms in total. The highest BCUT2D eigenvalue weighted by atomic mass is 32.2. The van der Waals surface area contributed by atoms with E-state index < -0.39 is 10.0 Å². The van der Waals surface area contributed by atoms with Gasteiger partial charge in [0, 0.05) is 24.3 Å². The van der Waals surface area contributed by atoms with Gasteiger partial charge in [-0.25, -0.2) is 8.42 Å². The van der Waals surface area contributed by atoms with Crippen LogP contribution in [0, 0.1) is 6.92 Å². The SMILES string of the molecule is Cc1cccc(C(=O)Nc2cccc(S(=O)(=O)N3CCCCC3)c2)c1. The molecular formula is C19H22N2O3S. The number of amides is 1. The van der Waals surface area contributed by atoms with Crippen LogP contribution in [0.2, 0.25) is 0 Å². The minimum atomic E-state index is -3.51. The number of rotatable bonds is 4. The molecule has 1 N–H and O–H groups in total. The van der Waals surface area contributed by atoms with Gasteiger partial charge in [0.2, 0.25) is 10.0 Å². The maximum Gasteiger partial charge on any atom is 0.255 e. The minimum Gasteiger partial charge on any atom is -0.322 e. The highest BCUT2D eigenvalue weighted by Crippen LogP contribution is 2.23. The number of piperidine rings is 1. The van der Waals surface area contributed by atoms with Gasteiger partial charge in [-0.15, -0.1) is 0 Å². The van der Waals surface area contributed by atoms with Gasteiger partial charge in [0.15, 0.2) is 0 Å². The highest BCUT2D eigenvalue weighted by Gasteiger charge is 2.26. The van der Waals surface area contributed by atoms with Crippen molar-refractivity contribution in [1.82, 2.24) is 4.31 Å². The van der Waals surface area contributed by atoms with Crippen LogP contribution in [-0.4, -0.2) is 31.7 Å². The molecule has 1 aliphatic rings. The molecule has 2 aromatic carbocycles. The highest BCUT2D eigenvalue weighted by molar-refractivity contribution is 7.89. The first-order valence-electron chi connectivity index (χ1n) is 8.45. The predicted molar refractivity (Wildman–Crippen MR) is 98.2 cm³/mol. The van der Waals surface area contributed by atoms with Gasteiger partial charge in [0.1, 0.15) is 0 Å². The molecule has 0 aromatic heterocycles. The fourth-order valence-corrected chi connectivity index (χ4v) is 4.54. The van der Waals surface area contributed by atoms with Crippen LogP contribution in [0.1, 0.15) is 35.2 Å². The number of carbonyl (C=O) groups is 1. The van der Waals surface area contributed by atoms with Crippen molar-refractivity contribution in [3.05, 3.63) is 59.7 Å². The fourth-order valence-electron chi connectivity index (χ4n) is 2.98. The topological polar surface area (TPSA) is 66.5 Å². The average molecular weight is 358 g/mol. The third-order valence-corrected chi connectivity index (χ3v) is 6.22. The zero-order valence-corrected chi connectivity index (χ0v) is 15.1. The van der Waals surface area contributed by atoms with Gasteiger partial charge in [-0.05, 0) is 50.1 Å². The molecule has 0 spiro atoms. The molecule has 1 aliphatic heterocycles. The van der Waals surface area contributed by atoms with E-state index in [9.17, 15) is 13.2 Å². The molecule has 132 valence electrons. The number of hydrogen-bond acceptors (Lipinski definition) is 3. The van der Waals surface area contributed by atoms with Gasteiger partial charge in [0.05, 0.1) is 4.90 Å². The second-order valence-corrected chi connectivity index (χ2v) is 8.25. The number of hydrogen-bond donors (Lipinski definition) is 1. The van der Waals surface area contributed by atoms with E-state index in [1.807, 2.05) is 19.1 Å². The molecule has 6 heteroatoms. The summed E-state index contributed by atoms with van der Waals surface area (Å²) in [5, 5.41) is 2.78. The summed E-state index contributed by atoms with van der Waals surface area (Å²) in [5.74, 6) is -0.253. The van der Waals surface area contributed by atoms with Gasteiger partial charge < -0.3 is 5.32 Å². The summed E-state index contributed by atoms with van der Waals surface area (Å²) in [6.07, 6.45) is 2.85. The first kappa shape index (κ1) is 17.6. The number of carbonyl (C=O) groups excluding carboxylic acids is 1. The number of nitrogens with one attached hydrogen (secondary N) is 1. The number of aryl methyl sites for hydroxylation is 1. The van der Waals surface area contributed by atoms with Crippen LogP contribution in [0.3, 0.4) is 0 Å². The summed E-state index contributed by atoms with van der Waals surface area (Å²) >= 11 is 0. The maximum absolute atomic E-state index is 12.8. The van der Waals surface area contributed by atoms with E-state index in [1.165, 1.54) is 10.4 Å². The minimum absolute atomic E-state index is 0.219. The lowest BCUT2D eigenvalue weighted by molar-refractivity contribution is 0.102. The van der Waals surface area contributed by atoms with Crippen molar-refractivity contribution in [2.24, 2.45) is 0 Å². The molecule has 1 fully saturated rings. The number of anilines is 1. The zero-order valence-electron chi connectivity index (χ0n) is 14.2. The van der Waals surface area contributed by atoms with E-state index in [-0.39, 0.29) is 10.8 Å². The molecule has 0 unspecified atom stereocenters. The molecule has 1 amide bonds. The predicted octanol–water partition coefficient (Wildman–Crippen LogP) is 3.42. The van der Waals surface area contributed by atoms with Crippen molar-refractivity contribution in [3.63, 3.8) is 0 Å². The van der Waals surface area contributed by atoms with Crippen molar-refractivity contribution in [1.29, 1.82) is 0 Å². The van der Waals surface area contributed by atoms with Crippen molar-refractivity contribution in [2.45, 2.75) is 31.1 Å². The normalized spacial score (nSPS) is 15.7. The van der Waals surface area contributed by atoms with E-state index in [0.29, 0.717) is 24.3 Å². The summed E-state index contributed by atoms with van der Waals surface area (Å²) in [7, 11) is -3.51. The number of nitrogens with zero attached hydrogens (tertiary/aromatic N) is 1. The fraction of sp³-hybridized carbons (Fsp3) is 0.316. The Morgan fingerprint density at radius 2 is 1.72 bits per heavy atom. The summed E-state index contributed by atoms with van der Waals surface area (Å²) in [6, 6.07) is 13.7. The molecule has 3 rings (SSSR count). The Morgan fingerprint density at radius 1 is 1.00 bits per heavy atom.